The van der Waals surface area contributed by atoms with E-state index < -0.39 is 24.3 Å². The van der Waals surface area contributed by atoms with E-state index in [0.29, 0.717) is 12.1 Å². The number of hydrogen-bond acceptors (Lipinski definition) is 8. The summed E-state index contributed by atoms with van der Waals surface area (Å²) in [5, 5.41) is 7.74. The number of alkyl carbamates (subject to hydrolysis) is 2. The third-order valence-electron chi connectivity index (χ3n) is 14.3. The van der Waals surface area contributed by atoms with E-state index in [2.05, 4.69) is 81.3 Å². The molecule has 4 aliphatic rings. The zero-order valence-electron chi connectivity index (χ0n) is 37.0. The number of nitrogens with one attached hydrogen (secondary N) is 4. The summed E-state index contributed by atoms with van der Waals surface area (Å²) >= 11 is 0. The quantitative estimate of drug-likeness (QED) is 0.0999. The third kappa shape index (κ3) is 7.99. The van der Waals surface area contributed by atoms with Gasteiger partial charge in [-0.05, 0) is 101 Å². The first kappa shape index (κ1) is 42.0. The van der Waals surface area contributed by atoms with Crippen molar-refractivity contribution in [1.82, 2.24) is 40.4 Å². The second-order valence-corrected chi connectivity index (χ2v) is 18.7. The van der Waals surface area contributed by atoms with Crippen LogP contribution in [0.15, 0.2) is 103 Å². The van der Waals surface area contributed by atoms with Crippen LogP contribution in [0.3, 0.4) is 0 Å². The molecule has 0 radical (unpaired) electrons. The number of ether oxygens (including phenoxy) is 2. The largest absolute Gasteiger partial charge is 0.453 e. The number of amides is 4. The van der Waals surface area contributed by atoms with Crippen LogP contribution in [-0.4, -0.2) is 86.6 Å². The monoisotopic (exact) mass is 874 g/mol. The third-order valence-corrected chi connectivity index (χ3v) is 14.3. The van der Waals surface area contributed by atoms with E-state index in [9.17, 15) is 19.2 Å². The summed E-state index contributed by atoms with van der Waals surface area (Å²) in [5.41, 5.74) is 6.74. The Balaban J connectivity index is 0.838. The molecule has 2 bridgehead atoms. The molecule has 14 heteroatoms. The number of fused-ring (bicyclic) bond motifs is 3. The van der Waals surface area contributed by atoms with Gasteiger partial charge in [0.05, 0.1) is 50.1 Å². The molecule has 334 valence electrons. The highest BCUT2D eigenvalue weighted by atomic mass is 16.5. The molecular formula is C51H54N8O6. The summed E-state index contributed by atoms with van der Waals surface area (Å²) in [4.78, 5) is 73.4. The molecule has 1 unspecified atom stereocenters. The van der Waals surface area contributed by atoms with Crippen LogP contribution in [0.1, 0.15) is 87.7 Å². The van der Waals surface area contributed by atoms with Crippen LogP contribution < -0.4 is 10.6 Å². The zero-order valence-corrected chi connectivity index (χ0v) is 37.0. The number of hydrogen-bond donors (Lipinski definition) is 4. The smallest absolute Gasteiger partial charge is 0.407 e. The van der Waals surface area contributed by atoms with Crippen molar-refractivity contribution < 1.29 is 28.7 Å². The van der Waals surface area contributed by atoms with Gasteiger partial charge in [-0.2, -0.15) is 0 Å². The van der Waals surface area contributed by atoms with Gasteiger partial charge in [0.25, 0.3) is 5.91 Å². The van der Waals surface area contributed by atoms with Gasteiger partial charge in [-0.25, -0.2) is 19.6 Å². The molecule has 6 aromatic rings. The van der Waals surface area contributed by atoms with Gasteiger partial charge in [-0.3, -0.25) is 9.59 Å². The Bertz CT molecular complexity index is 2760. The van der Waals surface area contributed by atoms with Crippen LogP contribution in [0.5, 0.6) is 0 Å². The van der Waals surface area contributed by atoms with Crippen LogP contribution >= 0.6 is 0 Å². The standard InChI is InChI=1S/C51H54N8O6/c1-29(2)42(56-49(62)64-3)47(60)58-28-51(20-21-51)25-41(58)45-52-27-40(54-45)36-17-16-34-22-33(14-15-35(34)23-36)30-10-12-31(13-11-30)39-26-53-46(55-39)44-37-18-19-38(24-37)59(44)48(61)43(57-50(63)65-4)32-8-6-5-7-9-32/h5-17,22-23,26-27,29,37-38,41-44H,18-21,24-25,28H2,1-4H3,(H,52,54)(H,53,55)(H,56,62)(H,57,63)/t37-,38+,41-,42?,43-,44-/m0/s1. The van der Waals surface area contributed by atoms with Gasteiger partial charge in [0.15, 0.2) is 0 Å². The summed E-state index contributed by atoms with van der Waals surface area (Å²) in [6.45, 7) is 4.51. The van der Waals surface area contributed by atoms with Crippen molar-refractivity contribution in [3.8, 4) is 33.6 Å². The fourth-order valence-electron chi connectivity index (χ4n) is 10.6. The fraction of sp³-hybridized carbons (Fsp3) is 0.373. The molecule has 2 saturated carbocycles. The van der Waals surface area contributed by atoms with Crippen LogP contribution in [0.4, 0.5) is 9.59 Å². The molecule has 65 heavy (non-hydrogen) atoms. The number of rotatable bonds is 11. The molecule has 2 aromatic heterocycles. The van der Waals surface area contributed by atoms with Crippen molar-refractivity contribution in [3.63, 3.8) is 0 Å². The molecule has 10 rings (SSSR count). The average Bonchev–Trinajstić information content (AvgIpc) is 3.97. The number of nitrogens with zero attached hydrogens (tertiary/aromatic N) is 4. The number of H-pyrrole nitrogens is 2. The van der Waals surface area contributed by atoms with Gasteiger partial charge in [0.1, 0.15) is 23.7 Å². The van der Waals surface area contributed by atoms with Crippen molar-refractivity contribution >= 4 is 34.8 Å². The molecule has 4 amide bonds. The Kier molecular flexibility index (Phi) is 10.9. The fourth-order valence-corrected chi connectivity index (χ4v) is 10.6. The predicted molar refractivity (Wildman–Crippen MR) is 245 cm³/mol. The maximum atomic E-state index is 14.3. The molecule has 2 saturated heterocycles. The van der Waals surface area contributed by atoms with E-state index in [-0.39, 0.29) is 47.2 Å². The van der Waals surface area contributed by atoms with Crippen molar-refractivity contribution in [1.29, 1.82) is 0 Å². The minimum absolute atomic E-state index is 0.0761. The predicted octanol–water partition coefficient (Wildman–Crippen LogP) is 8.87. The Hall–Kier alpha value is -6.96. The first-order valence-electron chi connectivity index (χ1n) is 22.6. The van der Waals surface area contributed by atoms with Gasteiger partial charge < -0.3 is 39.9 Å². The van der Waals surface area contributed by atoms with Crippen molar-refractivity contribution in [2.45, 2.75) is 82.6 Å². The number of methoxy groups -OCH3 is 2. The maximum Gasteiger partial charge on any atom is 0.407 e. The van der Waals surface area contributed by atoms with Crippen LogP contribution in [0.25, 0.3) is 44.4 Å². The highest BCUT2D eigenvalue weighted by molar-refractivity contribution is 5.91. The Morgan fingerprint density at radius 3 is 2.03 bits per heavy atom. The lowest BCUT2D eigenvalue weighted by molar-refractivity contribution is -0.138. The minimum atomic E-state index is -0.874. The average molecular weight is 875 g/mol. The van der Waals surface area contributed by atoms with E-state index in [1.807, 2.05) is 66.4 Å². The lowest BCUT2D eigenvalue weighted by Gasteiger charge is -2.36. The highest BCUT2D eigenvalue weighted by Crippen LogP contribution is 2.58. The van der Waals surface area contributed by atoms with E-state index in [1.165, 1.54) is 14.2 Å². The van der Waals surface area contributed by atoms with Gasteiger partial charge in [0, 0.05) is 18.2 Å². The molecule has 6 atom stereocenters. The van der Waals surface area contributed by atoms with Gasteiger partial charge in [-0.1, -0.05) is 92.7 Å². The molecule has 4 fully saturated rings. The zero-order chi connectivity index (χ0) is 45.0. The molecule has 14 nitrogen and oxygen atoms in total. The van der Waals surface area contributed by atoms with Gasteiger partial charge >= 0.3 is 12.2 Å². The SMILES string of the molecule is COC(=O)NC(C(=O)N1CC2(CC2)C[C@H]1c1ncc(-c2ccc3cc(-c4ccc(-c5cnc([C@@H]6[C@H]7CC[C@H](C7)N6C(=O)[C@@H](NC(=O)OC)c6ccccc6)[nH]5)cc4)ccc3c2)[nH]1)C(C)C. The number of piperidine rings is 1. The van der Waals surface area contributed by atoms with Gasteiger partial charge in [0.2, 0.25) is 5.91 Å². The molecule has 2 aliphatic carbocycles. The number of aromatic nitrogens is 4. The van der Waals surface area contributed by atoms with Crippen molar-refractivity contribution in [2.75, 3.05) is 20.8 Å². The van der Waals surface area contributed by atoms with E-state index >= 15 is 0 Å². The van der Waals surface area contributed by atoms with E-state index in [1.54, 1.807) is 0 Å². The van der Waals surface area contributed by atoms with Crippen LogP contribution in [0.2, 0.25) is 0 Å². The summed E-state index contributed by atoms with van der Waals surface area (Å²) in [6.07, 6.45) is 8.28. The normalized spacial score (nSPS) is 21.4. The Morgan fingerprint density at radius 2 is 1.34 bits per heavy atom. The number of carbonyl (C=O) groups is 4. The maximum absolute atomic E-state index is 14.3. The molecule has 1 spiro atoms. The summed E-state index contributed by atoms with van der Waals surface area (Å²) in [7, 11) is 2.61. The van der Waals surface area contributed by atoms with Crippen LogP contribution in [-0.2, 0) is 19.1 Å². The Morgan fingerprint density at radius 1 is 0.723 bits per heavy atom. The highest BCUT2D eigenvalue weighted by Gasteiger charge is 2.55. The van der Waals surface area contributed by atoms with Crippen molar-refractivity contribution in [3.05, 3.63) is 121 Å². The summed E-state index contributed by atoms with van der Waals surface area (Å²) < 4.78 is 9.73. The molecule has 2 aliphatic heterocycles. The summed E-state index contributed by atoms with van der Waals surface area (Å²) in [6, 6.07) is 28.7. The second kappa shape index (κ2) is 16.9. The van der Waals surface area contributed by atoms with E-state index in [0.717, 1.165) is 94.6 Å². The van der Waals surface area contributed by atoms with E-state index in [4.69, 9.17) is 19.4 Å². The van der Waals surface area contributed by atoms with Crippen molar-refractivity contribution in [2.24, 2.45) is 17.3 Å². The number of benzene rings is 4. The minimum Gasteiger partial charge on any atom is -0.453 e. The molecular weight excluding hydrogens is 821 g/mol. The van der Waals surface area contributed by atoms with Gasteiger partial charge in [-0.15, -0.1) is 0 Å². The lowest BCUT2D eigenvalue weighted by atomic mass is 9.96. The lowest BCUT2D eigenvalue weighted by Crippen LogP contribution is -2.51. The number of aromatic amines is 2. The number of likely N-dealkylation sites (tertiary alicyclic amines) is 2. The first-order valence-corrected chi connectivity index (χ1v) is 22.6. The Labute approximate surface area is 377 Å². The number of imidazole rings is 2. The topological polar surface area (TPSA) is 175 Å². The molecule has 4 aromatic carbocycles. The first-order chi connectivity index (χ1) is 31.5. The molecule has 4 N–H and O–H groups in total. The second-order valence-electron chi connectivity index (χ2n) is 18.7. The number of carbonyl (C=O) groups excluding carboxylic acids is 4. The van der Waals surface area contributed by atoms with Crippen LogP contribution in [0, 0.1) is 17.3 Å². The summed E-state index contributed by atoms with van der Waals surface area (Å²) in [5.74, 6) is 1.40. The molecule has 4 heterocycles.